The Kier molecular flexibility index (Phi) is 5.33. The smallest absolute Gasteiger partial charge is 0.267 e. The molecule has 0 radical (unpaired) electrons. The third-order valence-corrected chi connectivity index (χ3v) is 5.92. The highest BCUT2D eigenvalue weighted by atomic mass is 16.3. The lowest BCUT2D eigenvalue weighted by Crippen LogP contribution is -2.54. The van der Waals surface area contributed by atoms with Crippen molar-refractivity contribution in [2.75, 3.05) is 18.0 Å². The molecule has 2 aliphatic heterocycles. The summed E-state index contributed by atoms with van der Waals surface area (Å²) in [6, 6.07) is 10.9. The van der Waals surface area contributed by atoms with Crippen LogP contribution in [0.2, 0.25) is 0 Å². The molecule has 162 valence electrons. The molecular weight excluding hydrogens is 394 g/mol. The van der Waals surface area contributed by atoms with Crippen LogP contribution in [-0.2, 0) is 0 Å². The Morgan fingerprint density at radius 2 is 1.71 bits per heavy atom. The highest BCUT2D eigenvalue weighted by molar-refractivity contribution is 5.90. The number of amides is 1. The number of nitrogens with zero attached hydrogens (tertiary/aromatic N) is 3. The molecule has 9 nitrogen and oxygen atoms in total. The molecule has 2 aliphatic rings. The van der Waals surface area contributed by atoms with Gasteiger partial charge in [0.05, 0.1) is 17.6 Å². The summed E-state index contributed by atoms with van der Waals surface area (Å²) in [6.45, 7) is 1.43. The van der Waals surface area contributed by atoms with E-state index >= 15 is 0 Å². The van der Waals surface area contributed by atoms with Gasteiger partial charge in [0.15, 0.2) is 0 Å². The molecule has 2 fully saturated rings. The quantitative estimate of drug-likeness (QED) is 0.439. The number of primary amides is 1. The molecule has 31 heavy (non-hydrogen) atoms. The molecule has 1 aromatic carbocycles. The number of fused-ring (bicyclic) bond motifs is 2. The van der Waals surface area contributed by atoms with Crippen LogP contribution in [0.4, 0.5) is 5.69 Å². The highest BCUT2D eigenvalue weighted by Gasteiger charge is 2.40. The molecule has 9 N–H and O–H groups in total. The number of likely N-dealkylation sites (tertiary alicyclic amines) is 1. The predicted molar refractivity (Wildman–Crippen MR) is 119 cm³/mol. The third-order valence-electron chi connectivity index (χ3n) is 5.92. The summed E-state index contributed by atoms with van der Waals surface area (Å²) < 4.78 is 0. The standard InChI is InChI=1S/C22H27N7O2/c23-17(16-3-1-2-4-20(16)30)9-19(21(24)25)28-11-14-5-6-15(12-28)29(14)13-7-8-18(22(26)31)27-10-13/h1-4,7-10,14-15,30H,5-6,11-12,23-25H2,(H2,26,31)/b17-9-. The van der Waals surface area contributed by atoms with E-state index in [2.05, 4.69) is 14.8 Å². The maximum Gasteiger partial charge on any atom is 0.267 e. The number of pyridine rings is 1. The number of anilines is 1. The molecule has 1 aromatic heterocycles. The molecule has 0 spiro atoms. The van der Waals surface area contributed by atoms with Gasteiger partial charge in [0.25, 0.3) is 5.91 Å². The van der Waals surface area contributed by atoms with Crippen molar-refractivity contribution in [1.29, 1.82) is 0 Å². The van der Waals surface area contributed by atoms with Crippen LogP contribution >= 0.6 is 0 Å². The Morgan fingerprint density at radius 3 is 2.26 bits per heavy atom. The zero-order valence-corrected chi connectivity index (χ0v) is 17.1. The molecule has 2 atom stereocenters. The summed E-state index contributed by atoms with van der Waals surface area (Å²) in [6.07, 6.45) is 5.47. The number of phenols is 1. The monoisotopic (exact) mass is 421 g/mol. The van der Waals surface area contributed by atoms with Crippen LogP contribution in [0.25, 0.3) is 5.70 Å². The van der Waals surface area contributed by atoms with E-state index in [1.54, 1.807) is 36.5 Å². The number of aromatic hydroxyl groups is 1. The van der Waals surface area contributed by atoms with Crippen molar-refractivity contribution >= 4 is 17.3 Å². The van der Waals surface area contributed by atoms with Gasteiger partial charge in [0.2, 0.25) is 0 Å². The summed E-state index contributed by atoms with van der Waals surface area (Å²) in [5.41, 5.74) is 26.4. The minimum atomic E-state index is -0.540. The number of carbonyl (C=O) groups excluding carboxylic acids is 1. The maximum absolute atomic E-state index is 11.3. The van der Waals surface area contributed by atoms with Gasteiger partial charge in [-0.15, -0.1) is 0 Å². The predicted octanol–water partition coefficient (Wildman–Crippen LogP) is 0.625. The Hall–Kier alpha value is -3.88. The molecule has 2 bridgehead atoms. The van der Waals surface area contributed by atoms with Crippen molar-refractivity contribution in [3.05, 3.63) is 71.4 Å². The number of carbonyl (C=O) groups is 1. The number of hydrogen-bond donors (Lipinski definition) is 5. The van der Waals surface area contributed by atoms with Gasteiger partial charge in [-0.2, -0.15) is 0 Å². The van der Waals surface area contributed by atoms with Crippen LogP contribution in [0.5, 0.6) is 5.75 Å². The highest BCUT2D eigenvalue weighted by Crippen LogP contribution is 2.36. The molecule has 2 saturated heterocycles. The number of phenolic OH excluding ortho intramolecular Hbond substituents is 1. The number of aromatic nitrogens is 1. The Labute approximate surface area is 180 Å². The summed E-state index contributed by atoms with van der Waals surface area (Å²) in [4.78, 5) is 20.0. The van der Waals surface area contributed by atoms with Gasteiger partial charge in [0.1, 0.15) is 17.3 Å². The van der Waals surface area contributed by atoms with Crippen LogP contribution in [-0.4, -0.2) is 46.1 Å². The molecule has 4 rings (SSSR count). The topological polar surface area (TPSA) is 161 Å². The average Bonchev–Trinajstić information content (AvgIpc) is 3.01. The fourth-order valence-electron chi connectivity index (χ4n) is 4.51. The Bertz CT molecular complexity index is 1030. The summed E-state index contributed by atoms with van der Waals surface area (Å²) in [7, 11) is 0. The van der Waals surface area contributed by atoms with E-state index in [9.17, 15) is 9.90 Å². The van der Waals surface area contributed by atoms with E-state index < -0.39 is 5.91 Å². The van der Waals surface area contributed by atoms with E-state index in [0.717, 1.165) is 18.5 Å². The lowest BCUT2D eigenvalue weighted by atomic mass is 10.1. The molecule has 1 amide bonds. The van der Waals surface area contributed by atoms with E-state index in [4.69, 9.17) is 22.9 Å². The van der Waals surface area contributed by atoms with Crippen molar-refractivity contribution in [3.8, 4) is 5.75 Å². The summed E-state index contributed by atoms with van der Waals surface area (Å²) >= 11 is 0. The van der Waals surface area contributed by atoms with Crippen molar-refractivity contribution in [1.82, 2.24) is 9.88 Å². The third kappa shape index (κ3) is 3.94. The SMILES string of the molecule is NC(=O)c1ccc(N2C3CCC2CN(C(/C=C(\N)c2ccccc2O)=C(N)N)C3)cn1. The van der Waals surface area contributed by atoms with Crippen LogP contribution in [0.15, 0.2) is 60.2 Å². The second-order valence-electron chi connectivity index (χ2n) is 7.92. The fraction of sp³-hybridized carbons (Fsp3) is 0.273. The number of hydrogen-bond acceptors (Lipinski definition) is 8. The van der Waals surface area contributed by atoms with E-state index in [0.29, 0.717) is 30.0 Å². The number of para-hydroxylation sites is 1. The largest absolute Gasteiger partial charge is 0.507 e. The number of rotatable bonds is 5. The first-order chi connectivity index (χ1) is 14.8. The molecule has 0 saturated carbocycles. The van der Waals surface area contributed by atoms with Crippen molar-refractivity contribution in [2.45, 2.75) is 24.9 Å². The first-order valence-electron chi connectivity index (χ1n) is 10.1. The minimum Gasteiger partial charge on any atom is -0.507 e. The molecular formula is C22H27N7O2. The molecule has 0 aliphatic carbocycles. The maximum atomic E-state index is 11.3. The van der Waals surface area contributed by atoms with Gasteiger partial charge in [-0.3, -0.25) is 4.79 Å². The summed E-state index contributed by atoms with van der Waals surface area (Å²) in [5, 5.41) is 10.1. The van der Waals surface area contributed by atoms with E-state index in [-0.39, 0.29) is 29.3 Å². The minimum absolute atomic E-state index is 0.1000. The van der Waals surface area contributed by atoms with Crippen LogP contribution in [0.3, 0.4) is 0 Å². The first kappa shape index (κ1) is 20.4. The normalized spacial score (nSPS) is 20.6. The first-order valence-corrected chi connectivity index (χ1v) is 10.1. The number of nitrogens with two attached hydrogens (primary N) is 4. The van der Waals surface area contributed by atoms with Gasteiger partial charge < -0.3 is 37.8 Å². The second-order valence-corrected chi connectivity index (χ2v) is 7.92. The Balaban J connectivity index is 1.57. The molecule has 3 heterocycles. The van der Waals surface area contributed by atoms with Crippen molar-refractivity contribution < 1.29 is 9.90 Å². The number of piperazine rings is 1. The van der Waals surface area contributed by atoms with Gasteiger partial charge in [-0.1, -0.05) is 12.1 Å². The molecule has 2 unspecified atom stereocenters. The van der Waals surface area contributed by atoms with Crippen LogP contribution in [0.1, 0.15) is 28.9 Å². The van der Waals surface area contributed by atoms with Gasteiger partial charge in [-0.05, 0) is 43.2 Å². The Morgan fingerprint density at radius 1 is 1.03 bits per heavy atom. The fourth-order valence-corrected chi connectivity index (χ4v) is 4.51. The lowest BCUT2D eigenvalue weighted by molar-refractivity contribution is 0.0995. The van der Waals surface area contributed by atoms with Gasteiger partial charge in [0, 0.05) is 36.4 Å². The second kappa shape index (κ2) is 8.10. The zero-order chi connectivity index (χ0) is 22.1. The summed E-state index contributed by atoms with van der Waals surface area (Å²) in [5.74, 6) is -0.261. The van der Waals surface area contributed by atoms with Gasteiger partial charge in [-0.25, -0.2) is 4.98 Å². The lowest BCUT2D eigenvalue weighted by Gasteiger charge is -2.43. The van der Waals surface area contributed by atoms with Crippen LogP contribution in [0, 0.1) is 0 Å². The van der Waals surface area contributed by atoms with Crippen molar-refractivity contribution in [2.24, 2.45) is 22.9 Å². The average molecular weight is 422 g/mol. The molecule has 2 aromatic rings. The van der Waals surface area contributed by atoms with Gasteiger partial charge >= 0.3 is 0 Å². The zero-order valence-electron chi connectivity index (χ0n) is 17.1. The number of benzene rings is 1. The number of allylic oxidation sites excluding steroid dienone is 1. The van der Waals surface area contributed by atoms with Crippen LogP contribution < -0.4 is 27.8 Å². The van der Waals surface area contributed by atoms with Crippen molar-refractivity contribution in [3.63, 3.8) is 0 Å². The molecule has 9 heteroatoms. The van der Waals surface area contributed by atoms with E-state index in [1.165, 1.54) is 0 Å². The van der Waals surface area contributed by atoms with E-state index in [1.807, 2.05) is 12.1 Å².